The number of benzene rings is 1. The van der Waals surface area contributed by atoms with Crippen molar-refractivity contribution in [2.75, 3.05) is 7.11 Å². The molecular weight excluding hydrogens is 222 g/mol. The van der Waals surface area contributed by atoms with Crippen LogP contribution in [0.15, 0.2) is 42.6 Å². The predicted octanol–water partition coefficient (Wildman–Crippen LogP) is 4.05. The lowest BCUT2D eigenvalue weighted by atomic mass is 9.86. The molecule has 2 nitrogen and oxygen atoms in total. The van der Waals surface area contributed by atoms with Crippen LogP contribution in [0.3, 0.4) is 0 Å². The van der Waals surface area contributed by atoms with E-state index in [4.69, 9.17) is 4.74 Å². The summed E-state index contributed by atoms with van der Waals surface area (Å²) in [5.41, 5.74) is 3.62. The first-order valence-corrected chi connectivity index (χ1v) is 6.11. The number of hydrogen-bond donors (Lipinski definition) is 0. The summed E-state index contributed by atoms with van der Waals surface area (Å²) in [6.45, 7) is 6.65. The molecule has 1 heterocycles. The molecule has 0 amide bonds. The molecule has 0 saturated carbocycles. The van der Waals surface area contributed by atoms with Gasteiger partial charge >= 0.3 is 0 Å². The minimum absolute atomic E-state index is 0.186. The molecule has 18 heavy (non-hydrogen) atoms. The van der Waals surface area contributed by atoms with E-state index in [-0.39, 0.29) is 5.41 Å². The van der Waals surface area contributed by atoms with Gasteiger partial charge in [0.2, 0.25) is 0 Å². The van der Waals surface area contributed by atoms with E-state index in [1.54, 1.807) is 13.3 Å². The summed E-state index contributed by atoms with van der Waals surface area (Å²) >= 11 is 0. The summed E-state index contributed by atoms with van der Waals surface area (Å²) in [7, 11) is 1.65. The molecule has 0 N–H and O–H groups in total. The van der Waals surface area contributed by atoms with Crippen molar-refractivity contribution in [3.05, 3.63) is 48.2 Å². The van der Waals surface area contributed by atoms with Crippen molar-refractivity contribution in [3.63, 3.8) is 0 Å². The third kappa shape index (κ3) is 2.70. The molecule has 0 aliphatic carbocycles. The lowest BCUT2D eigenvalue weighted by Crippen LogP contribution is -2.10. The Morgan fingerprint density at radius 2 is 1.61 bits per heavy atom. The normalized spacial score (nSPS) is 11.3. The van der Waals surface area contributed by atoms with E-state index in [9.17, 15) is 0 Å². The van der Waals surface area contributed by atoms with Crippen molar-refractivity contribution in [2.45, 2.75) is 26.2 Å². The second-order valence-electron chi connectivity index (χ2n) is 5.41. The van der Waals surface area contributed by atoms with Crippen LogP contribution in [0, 0.1) is 0 Å². The molecule has 0 fully saturated rings. The first kappa shape index (κ1) is 12.6. The van der Waals surface area contributed by atoms with Gasteiger partial charge in [-0.15, -0.1) is 0 Å². The first-order chi connectivity index (χ1) is 8.50. The SMILES string of the molecule is COc1ccc(-c2ccc(C(C)(C)C)cc2)nc1. The molecule has 0 aliphatic heterocycles. The highest BCUT2D eigenvalue weighted by atomic mass is 16.5. The summed E-state index contributed by atoms with van der Waals surface area (Å²) in [6, 6.07) is 12.5. The lowest BCUT2D eigenvalue weighted by Gasteiger charge is -2.19. The van der Waals surface area contributed by atoms with Gasteiger partial charge in [-0.2, -0.15) is 0 Å². The summed E-state index contributed by atoms with van der Waals surface area (Å²) < 4.78 is 5.11. The molecule has 2 heteroatoms. The monoisotopic (exact) mass is 241 g/mol. The lowest BCUT2D eigenvalue weighted by molar-refractivity contribution is 0.413. The van der Waals surface area contributed by atoms with Crippen molar-refractivity contribution in [2.24, 2.45) is 0 Å². The van der Waals surface area contributed by atoms with Crippen molar-refractivity contribution in [1.82, 2.24) is 4.98 Å². The van der Waals surface area contributed by atoms with E-state index in [1.807, 2.05) is 12.1 Å². The summed E-state index contributed by atoms with van der Waals surface area (Å²) in [6.07, 6.45) is 1.74. The zero-order valence-corrected chi connectivity index (χ0v) is 11.4. The Bertz CT molecular complexity index is 506. The van der Waals surface area contributed by atoms with Crippen LogP contribution in [-0.4, -0.2) is 12.1 Å². The predicted molar refractivity (Wildman–Crippen MR) is 74.9 cm³/mol. The summed E-state index contributed by atoms with van der Waals surface area (Å²) in [5.74, 6) is 0.782. The fraction of sp³-hybridized carbons (Fsp3) is 0.312. The van der Waals surface area contributed by atoms with Gasteiger partial charge in [0.05, 0.1) is 19.0 Å². The minimum atomic E-state index is 0.186. The molecule has 94 valence electrons. The quantitative estimate of drug-likeness (QED) is 0.791. The van der Waals surface area contributed by atoms with Crippen LogP contribution in [-0.2, 0) is 5.41 Å². The summed E-state index contributed by atoms with van der Waals surface area (Å²) in [4.78, 5) is 4.39. The third-order valence-corrected chi connectivity index (χ3v) is 3.02. The summed E-state index contributed by atoms with van der Waals surface area (Å²) in [5, 5.41) is 0. The number of rotatable bonds is 2. The third-order valence-electron chi connectivity index (χ3n) is 3.02. The molecule has 0 bridgehead atoms. The molecule has 0 radical (unpaired) electrons. The van der Waals surface area contributed by atoms with Crippen molar-refractivity contribution in [3.8, 4) is 17.0 Å². The first-order valence-electron chi connectivity index (χ1n) is 6.11. The minimum Gasteiger partial charge on any atom is -0.495 e. The highest BCUT2D eigenvalue weighted by Gasteiger charge is 2.13. The average Bonchev–Trinajstić information content (AvgIpc) is 2.38. The maximum absolute atomic E-state index is 5.11. The van der Waals surface area contributed by atoms with Crippen LogP contribution >= 0.6 is 0 Å². The fourth-order valence-electron chi connectivity index (χ4n) is 1.81. The van der Waals surface area contributed by atoms with Gasteiger partial charge < -0.3 is 4.74 Å². The Morgan fingerprint density at radius 1 is 0.944 bits per heavy atom. The van der Waals surface area contributed by atoms with E-state index in [2.05, 4.69) is 50.0 Å². The van der Waals surface area contributed by atoms with Crippen LogP contribution in [0.1, 0.15) is 26.3 Å². The second kappa shape index (κ2) is 4.81. The van der Waals surface area contributed by atoms with Gasteiger partial charge in [0.15, 0.2) is 0 Å². The highest BCUT2D eigenvalue weighted by Crippen LogP contribution is 2.25. The number of aromatic nitrogens is 1. The Balaban J connectivity index is 2.28. The maximum atomic E-state index is 5.11. The van der Waals surface area contributed by atoms with Gasteiger partial charge in [-0.05, 0) is 23.1 Å². The van der Waals surface area contributed by atoms with Gasteiger partial charge in [-0.1, -0.05) is 45.0 Å². The van der Waals surface area contributed by atoms with Crippen LogP contribution < -0.4 is 4.74 Å². The molecule has 0 aliphatic rings. The van der Waals surface area contributed by atoms with E-state index in [0.29, 0.717) is 0 Å². The van der Waals surface area contributed by atoms with Crippen molar-refractivity contribution >= 4 is 0 Å². The molecule has 2 rings (SSSR count). The molecule has 0 unspecified atom stereocenters. The van der Waals surface area contributed by atoms with Gasteiger partial charge in [-0.25, -0.2) is 0 Å². The van der Waals surface area contributed by atoms with Crippen LogP contribution in [0.5, 0.6) is 5.75 Å². The van der Waals surface area contributed by atoms with Gasteiger partial charge in [0.25, 0.3) is 0 Å². The maximum Gasteiger partial charge on any atom is 0.137 e. The Kier molecular flexibility index (Phi) is 3.37. The molecular formula is C16H19NO. The smallest absolute Gasteiger partial charge is 0.137 e. The van der Waals surface area contributed by atoms with Crippen molar-refractivity contribution in [1.29, 1.82) is 0 Å². The molecule has 1 aromatic carbocycles. The highest BCUT2D eigenvalue weighted by molar-refractivity contribution is 5.60. The molecule has 0 saturated heterocycles. The number of pyridine rings is 1. The van der Waals surface area contributed by atoms with E-state index in [0.717, 1.165) is 17.0 Å². The van der Waals surface area contributed by atoms with E-state index < -0.39 is 0 Å². The Hall–Kier alpha value is -1.83. The Morgan fingerprint density at radius 3 is 2.06 bits per heavy atom. The van der Waals surface area contributed by atoms with E-state index in [1.165, 1.54) is 5.56 Å². The number of nitrogens with zero attached hydrogens (tertiary/aromatic N) is 1. The van der Waals surface area contributed by atoms with Gasteiger partial charge in [-0.3, -0.25) is 4.98 Å². The number of ether oxygens (including phenoxy) is 1. The van der Waals surface area contributed by atoms with Crippen LogP contribution in [0.4, 0.5) is 0 Å². The number of methoxy groups -OCH3 is 1. The standard InChI is InChI=1S/C16H19NO/c1-16(2,3)13-7-5-12(6-8-13)15-10-9-14(18-4)11-17-15/h5-11H,1-4H3. The molecule has 2 aromatic rings. The molecule has 0 atom stereocenters. The molecule has 1 aromatic heterocycles. The molecule has 0 spiro atoms. The Labute approximate surface area is 109 Å². The van der Waals surface area contributed by atoms with Gasteiger partial charge in [0.1, 0.15) is 5.75 Å². The zero-order valence-electron chi connectivity index (χ0n) is 11.4. The van der Waals surface area contributed by atoms with Crippen LogP contribution in [0.25, 0.3) is 11.3 Å². The van der Waals surface area contributed by atoms with Gasteiger partial charge in [0, 0.05) is 5.56 Å². The van der Waals surface area contributed by atoms with Crippen molar-refractivity contribution < 1.29 is 4.74 Å². The number of hydrogen-bond acceptors (Lipinski definition) is 2. The largest absolute Gasteiger partial charge is 0.495 e. The second-order valence-corrected chi connectivity index (χ2v) is 5.41. The zero-order chi connectivity index (χ0) is 13.2. The fourth-order valence-corrected chi connectivity index (χ4v) is 1.81. The van der Waals surface area contributed by atoms with E-state index >= 15 is 0 Å². The topological polar surface area (TPSA) is 22.1 Å². The average molecular weight is 241 g/mol. The van der Waals surface area contributed by atoms with Crippen LogP contribution in [0.2, 0.25) is 0 Å².